The van der Waals surface area contributed by atoms with Crippen LogP contribution in [0.2, 0.25) is 0 Å². The summed E-state index contributed by atoms with van der Waals surface area (Å²) in [6.07, 6.45) is 6.58. The fourth-order valence-electron chi connectivity index (χ4n) is 1.64. The topological polar surface area (TPSA) is 26.2 Å². The highest BCUT2D eigenvalue weighted by atomic mass is 16.5. The van der Waals surface area contributed by atoms with E-state index in [1.54, 1.807) is 7.11 Å². The highest BCUT2D eigenvalue weighted by Crippen LogP contribution is 2.14. The summed E-state index contributed by atoms with van der Waals surface area (Å²) in [5, 5.41) is 3.41. The Morgan fingerprint density at radius 2 is 2.18 bits per heavy atom. The van der Waals surface area contributed by atoms with Crippen molar-refractivity contribution < 1.29 is 4.74 Å². The number of hydrogen-bond acceptors (Lipinski definition) is 2. The van der Waals surface area contributed by atoms with E-state index < -0.39 is 0 Å². The van der Waals surface area contributed by atoms with Crippen molar-refractivity contribution in [3.8, 4) is 0 Å². The van der Waals surface area contributed by atoms with Crippen LogP contribution < -0.4 is 5.32 Å². The van der Waals surface area contributed by atoms with Crippen molar-refractivity contribution in [1.29, 1.82) is 0 Å². The zero-order valence-electron chi connectivity index (χ0n) is 11.6. The Hall–Kier alpha value is -0.800. The standard InChI is InChI=1S/C14H26N2O/c1-5-8-15-11-13-6-9-16(12-13)10-7-14(2,3)17-4/h6,9,12,15H,5,7-8,10-11H2,1-4H3. The number of methoxy groups -OCH3 is 1. The van der Waals surface area contributed by atoms with Gasteiger partial charge in [-0.05, 0) is 44.9 Å². The van der Waals surface area contributed by atoms with E-state index in [-0.39, 0.29) is 5.60 Å². The predicted molar refractivity (Wildman–Crippen MR) is 72.1 cm³/mol. The Balaban J connectivity index is 2.35. The number of nitrogens with zero attached hydrogens (tertiary/aromatic N) is 1. The van der Waals surface area contributed by atoms with Gasteiger partial charge in [0, 0.05) is 32.6 Å². The second-order valence-electron chi connectivity index (χ2n) is 5.15. The maximum Gasteiger partial charge on any atom is 0.0639 e. The van der Waals surface area contributed by atoms with Gasteiger partial charge in [-0.3, -0.25) is 0 Å². The molecule has 17 heavy (non-hydrogen) atoms. The maximum atomic E-state index is 5.42. The van der Waals surface area contributed by atoms with Gasteiger partial charge in [0.15, 0.2) is 0 Å². The van der Waals surface area contributed by atoms with Gasteiger partial charge in [0.1, 0.15) is 0 Å². The second-order valence-corrected chi connectivity index (χ2v) is 5.15. The van der Waals surface area contributed by atoms with Crippen LogP contribution in [0.5, 0.6) is 0 Å². The third kappa shape index (κ3) is 5.37. The summed E-state index contributed by atoms with van der Waals surface area (Å²) >= 11 is 0. The van der Waals surface area contributed by atoms with E-state index >= 15 is 0 Å². The number of aromatic nitrogens is 1. The molecule has 0 aromatic carbocycles. The monoisotopic (exact) mass is 238 g/mol. The van der Waals surface area contributed by atoms with Crippen LogP contribution in [0, 0.1) is 0 Å². The van der Waals surface area contributed by atoms with Gasteiger partial charge >= 0.3 is 0 Å². The summed E-state index contributed by atoms with van der Waals surface area (Å²) in [7, 11) is 1.77. The minimum Gasteiger partial charge on any atom is -0.379 e. The van der Waals surface area contributed by atoms with Crippen LogP contribution in [-0.4, -0.2) is 23.8 Å². The number of hydrogen-bond donors (Lipinski definition) is 1. The first-order chi connectivity index (χ1) is 8.07. The minimum atomic E-state index is -0.0368. The fourth-order valence-corrected chi connectivity index (χ4v) is 1.64. The molecule has 3 nitrogen and oxygen atoms in total. The third-order valence-electron chi connectivity index (χ3n) is 3.09. The second kappa shape index (κ2) is 6.82. The Kier molecular flexibility index (Phi) is 5.72. The average Bonchev–Trinajstić information content (AvgIpc) is 2.75. The van der Waals surface area contributed by atoms with Gasteiger partial charge < -0.3 is 14.6 Å². The van der Waals surface area contributed by atoms with Gasteiger partial charge in [0.2, 0.25) is 0 Å². The summed E-state index contributed by atoms with van der Waals surface area (Å²) in [5.41, 5.74) is 1.32. The first-order valence-electron chi connectivity index (χ1n) is 6.48. The van der Waals surface area contributed by atoms with Crippen molar-refractivity contribution >= 4 is 0 Å². The molecule has 1 aromatic heterocycles. The van der Waals surface area contributed by atoms with E-state index in [1.165, 1.54) is 12.0 Å². The first kappa shape index (κ1) is 14.3. The molecule has 1 N–H and O–H groups in total. The summed E-state index contributed by atoms with van der Waals surface area (Å²) in [6.45, 7) is 9.50. The molecule has 1 heterocycles. The molecule has 0 radical (unpaired) electrons. The molecule has 0 spiro atoms. The van der Waals surface area contributed by atoms with Crippen LogP contribution in [0.4, 0.5) is 0 Å². The highest BCUT2D eigenvalue weighted by molar-refractivity contribution is 5.09. The molecule has 0 aliphatic heterocycles. The van der Waals surface area contributed by atoms with Crippen LogP contribution in [0.3, 0.4) is 0 Å². The van der Waals surface area contributed by atoms with Crippen molar-refractivity contribution in [1.82, 2.24) is 9.88 Å². The van der Waals surface area contributed by atoms with E-state index in [1.807, 2.05) is 0 Å². The molecule has 1 rings (SSSR count). The largest absolute Gasteiger partial charge is 0.379 e. The smallest absolute Gasteiger partial charge is 0.0639 e. The number of aryl methyl sites for hydroxylation is 1. The zero-order valence-corrected chi connectivity index (χ0v) is 11.6. The van der Waals surface area contributed by atoms with Crippen LogP contribution in [-0.2, 0) is 17.8 Å². The van der Waals surface area contributed by atoms with Gasteiger partial charge in [-0.15, -0.1) is 0 Å². The molecule has 0 amide bonds. The van der Waals surface area contributed by atoms with Crippen molar-refractivity contribution in [3.63, 3.8) is 0 Å². The summed E-state index contributed by atoms with van der Waals surface area (Å²) in [6, 6.07) is 2.18. The van der Waals surface area contributed by atoms with Crippen LogP contribution >= 0.6 is 0 Å². The van der Waals surface area contributed by atoms with Crippen LogP contribution in [0.1, 0.15) is 39.2 Å². The Labute approximate surface area is 105 Å². The lowest BCUT2D eigenvalue weighted by molar-refractivity contribution is 0.0120. The van der Waals surface area contributed by atoms with Gasteiger partial charge in [0.25, 0.3) is 0 Å². The van der Waals surface area contributed by atoms with Crippen molar-refractivity contribution in [2.45, 2.75) is 52.3 Å². The third-order valence-corrected chi connectivity index (χ3v) is 3.09. The first-order valence-corrected chi connectivity index (χ1v) is 6.48. The quantitative estimate of drug-likeness (QED) is 0.705. The lowest BCUT2D eigenvalue weighted by Crippen LogP contribution is -2.24. The molecule has 0 saturated heterocycles. The number of nitrogens with one attached hydrogen (secondary N) is 1. The van der Waals surface area contributed by atoms with Crippen LogP contribution in [0.25, 0.3) is 0 Å². The van der Waals surface area contributed by atoms with Gasteiger partial charge in [-0.1, -0.05) is 6.92 Å². The predicted octanol–water partition coefficient (Wildman–Crippen LogP) is 2.80. The Bertz CT molecular complexity index is 318. The lowest BCUT2D eigenvalue weighted by Gasteiger charge is -2.22. The van der Waals surface area contributed by atoms with Gasteiger partial charge in [-0.2, -0.15) is 0 Å². The molecular weight excluding hydrogens is 212 g/mol. The molecule has 0 aliphatic rings. The molecule has 3 heteroatoms. The number of ether oxygens (including phenoxy) is 1. The molecule has 0 fully saturated rings. The van der Waals surface area contributed by atoms with E-state index in [0.717, 1.165) is 26.1 Å². The zero-order chi connectivity index (χ0) is 12.7. The SMILES string of the molecule is CCCNCc1ccn(CCC(C)(C)OC)c1. The molecule has 98 valence electrons. The highest BCUT2D eigenvalue weighted by Gasteiger charge is 2.15. The van der Waals surface area contributed by atoms with Gasteiger partial charge in [-0.25, -0.2) is 0 Å². The Morgan fingerprint density at radius 1 is 1.41 bits per heavy atom. The molecule has 0 saturated carbocycles. The normalized spacial score (nSPS) is 12.0. The number of rotatable bonds is 8. The summed E-state index contributed by atoms with van der Waals surface area (Å²) in [4.78, 5) is 0. The average molecular weight is 238 g/mol. The molecule has 1 aromatic rings. The summed E-state index contributed by atoms with van der Waals surface area (Å²) in [5.74, 6) is 0. The molecule has 0 bridgehead atoms. The summed E-state index contributed by atoms with van der Waals surface area (Å²) < 4.78 is 7.66. The van der Waals surface area contributed by atoms with E-state index in [9.17, 15) is 0 Å². The molecular formula is C14H26N2O. The van der Waals surface area contributed by atoms with Gasteiger partial charge in [0.05, 0.1) is 5.60 Å². The van der Waals surface area contributed by atoms with E-state index in [2.05, 4.69) is 49.1 Å². The maximum absolute atomic E-state index is 5.42. The fraction of sp³-hybridized carbons (Fsp3) is 0.714. The van der Waals surface area contributed by atoms with Crippen molar-refractivity contribution in [3.05, 3.63) is 24.0 Å². The molecule has 0 unspecified atom stereocenters. The molecule has 0 atom stereocenters. The molecule has 0 aliphatic carbocycles. The van der Waals surface area contributed by atoms with E-state index in [4.69, 9.17) is 4.74 Å². The van der Waals surface area contributed by atoms with Crippen LogP contribution in [0.15, 0.2) is 18.5 Å². The van der Waals surface area contributed by atoms with E-state index in [0.29, 0.717) is 0 Å². The Morgan fingerprint density at radius 3 is 2.82 bits per heavy atom. The lowest BCUT2D eigenvalue weighted by atomic mass is 10.1. The minimum absolute atomic E-state index is 0.0368. The van der Waals surface area contributed by atoms with Crippen molar-refractivity contribution in [2.75, 3.05) is 13.7 Å². The van der Waals surface area contributed by atoms with Crippen molar-refractivity contribution in [2.24, 2.45) is 0 Å².